The SMILES string of the molecule is CN=CC(NC(=O)C(=N)CN(N)CCNC(=O)c1ccc(C(F)(F)F)cc1F)c1ccc(C(F)(F)F)cc1. The topological polar surface area (TPSA) is 124 Å². The summed E-state index contributed by atoms with van der Waals surface area (Å²) in [5.74, 6) is 2.48. The van der Waals surface area contributed by atoms with E-state index in [1.165, 1.54) is 13.3 Å². The third kappa shape index (κ3) is 8.62. The third-order valence-corrected chi connectivity index (χ3v) is 5.04. The molecule has 15 heteroatoms. The third-order valence-electron chi connectivity index (χ3n) is 5.04. The van der Waals surface area contributed by atoms with E-state index in [-0.39, 0.29) is 24.7 Å². The van der Waals surface area contributed by atoms with Crippen LogP contribution in [0.3, 0.4) is 0 Å². The summed E-state index contributed by atoms with van der Waals surface area (Å²) in [5, 5.41) is 13.6. The van der Waals surface area contributed by atoms with Gasteiger partial charge in [-0.25, -0.2) is 9.40 Å². The van der Waals surface area contributed by atoms with Crippen molar-refractivity contribution in [1.29, 1.82) is 5.41 Å². The molecule has 0 radical (unpaired) electrons. The average Bonchev–Trinajstić information content (AvgIpc) is 2.82. The second-order valence-corrected chi connectivity index (χ2v) is 7.88. The molecular formula is C23H23F7N6O2. The van der Waals surface area contributed by atoms with Crippen LogP contribution in [0.25, 0.3) is 0 Å². The standard InChI is InChI=1S/C23H23F7N6O2/c1-33-11-19(13-2-4-14(5-3-13)22(25,26)27)35-21(38)18(31)12-36(32)9-8-34-20(37)16-7-6-15(10-17(16)24)23(28,29)30/h2-7,10-11,19,31H,8-9,12,32H2,1H3,(H,34,37)(H,35,38). The van der Waals surface area contributed by atoms with Crippen molar-refractivity contribution in [3.05, 3.63) is 70.5 Å². The predicted molar refractivity (Wildman–Crippen MR) is 124 cm³/mol. The minimum Gasteiger partial charge on any atom is -0.351 e. The molecule has 0 aliphatic carbocycles. The van der Waals surface area contributed by atoms with E-state index in [4.69, 9.17) is 11.3 Å². The summed E-state index contributed by atoms with van der Waals surface area (Å²) in [7, 11) is 1.39. The Morgan fingerprint density at radius 2 is 1.63 bits per heavy atom. The van der Waals surface area contributed by atoms with E-state index in [0.29, 0.717) is 12.1 Å². The van der Waals surface area contributed by atoms with Gasteiger partial charge in [0.25, 0.3) is 11.8 Å². The predicted octanol–water partition coefficient (Wildman–Crippen LogP) is 3.35. The number of hydrazine groups is 1. The van der Waals surface area contributed by atoms with Crippen LogP contribution in [0.1, 0.15) is 33.1 Å². The summed E-state index contributed by atoms with van der Waals surface area (Å²) in [6.07, 6.45) is -8.04. The summed E-state index contributed by atoms with van der Waals surface area (Å²) in [5.41, 5.74) is -2.97. The van der Waals surface area contributed by atoms with Gasteiger partial charge in [-0.05, 0) is 35.9 Å². The van der Waals surface area contributed by atoms with Gasteiger partial charge in [0.05, 0.1) is 29.3 Å². The molecule has 0 saturated heterocycles. The van der Waals surface area contributed by atoms with Crippen molar-refractivity contribution in [2.24, 2.45) is 10.8 Å². The molecule has 0 aliphatic rings. The Morgan fingerprint density at radius 3 is 2.16 bits per heavy atom. The molecule has 0 aromatic heterocycles. The Morgan fingerprint density at radius 1 is 1.05 bits per heavy atom. The van der Waals surface area contributed by atoms with Crippen molar-refractivity contribution >= 4 is 23.7 Å². The van der Waals surface area contributed by atoms with E-state index in [1.807, 2.05) is 0 Å². The van der Waals surface area contributed by atoms with E-state index in [2.05, 4.69) is 15.6 Å². The van der Waals surface area contributed by atoms with E-state index in [0.717, 1.165) is 29.3 Å². The molecule has 0 bridgehead atoms. The van der Waals surface area contributed by atoms with Crippen LogP contribution < -0.4 is 16.5 Å². The number of nitrogens with two attached hydrogens (primary N) is 1. The molecular weight excluding hydrogens is 525 g/mol. The molecule has 2 aromatic carbocycles. The van der Waals surface area contributed by atoms with Crippen molar-refractivity contribution in [2.75, 3.05) is 26.7 Å². The first-order valence-electron chi connectivity index (χ1n) is 10.8. The monoisotopic (exact) mass is 548 g/mol. The number of hydrogen-bond donors (Lipinski definition) is 4. The summed E-state index contributed by atoms with van der Waals surface area (Å²) in [6, 6.07) is 4.54. The number of aliphatic imine (C=N–C) groups is 1. The highest BCUT2D eigenvalue weighted by molar-refractivity contribution is 6.38. The van der Waals surface area contributed by atoms with E-state index in [1.54, 1.807) is 0 Å². The Balaban J connectivity index is 1.89. The Kier molecular flexibility index (Phi) is 10.1. The lowest BCUT2D eigenvalue weighted by Crippen LogP contribution is -2.46. The largest absolute Gasteiger partial charge is 0.416 e. The number of nitrogens with one attached hydrogen (secondary N) is 3. The first-order valence-corrected chi connectivity index (χ1v) is 10.8. The lowest BCUT2D eigenvalue weighted by Gasteiger charge is -2.19. The molecule has 38 heavy (non-hydrogen) atoms. The van der Waals surface area contributed by atoms with Crippen molar-refractivity contribution in [3.8, 4) is 0 Å². The minimum absolute atomic E-state index is 0.123. The van der Waals surface area contributed by atoms with Crippen LogP contribution in [-0.4, -0.2) is 55.4 Å². The lowest BCUT2D eigenvalue weighted by molar-refractivity contribution is -0.138. The number of nitrogens with zero attached hydrogens (tertiary/aromatic N) is 2. The molecule has 5 N–H and O–H groups in total. The highest BCUT2D eigenvalue weighted by atomic mass is 19.4. The molecule has 1 atom stereocenters. The number of carbonyl (C=O) groups is 2. The van der Waals surface area contributed by atoms with Gasteiger partial charge in [-0.3, -0.25) is 25.8 Å². The van der Waals surface area contributed by atoms with E-state index < -0.39 is 65.0 Å². The number of alkyl halides is 6. The molecule has 0 fully saturated rings. The minimum atomic E-state index is -4.77. The van der Waals surface area contributed by atoms with Gasteiger partial charge in [0.15, 0.2) is 0 Å². The van der Waals surface area contributed by atoms with Gasteiger partial charge in [-0.2, -0.15) is 26.3 Å². The number of amides is 2. The molecule has 2 amide bonds. The van der Waals surface area contributed by atoms with Gasteiger partial charge in [-0.15, -0.1) is 0 Å². The number of rotatable bonds is 10. The average molecular weight is 548 g/mol. The first kappa shape index (κ1) is 30.4. The van der Waals surface area contributed by atoms with Gasteiger partial charge in [0.2, 0.25) is 0 Å². The number of benzene rings is 2. The molecule has 0 heterocycles. The second kappa shape index (κ2) is 12.6. The highest BCUT2D eigenvalue weighted by Crippen LogP contribution is 2.31. The highest BCUT2D eigenvalue weighted by Gasteiger charge is 2.32. The van der Waals surface area contributed by atoms with Crippen LogP contribution in [0.15, 0.2) is 47.5 Å². The zero-order valence-corrected chi connectivity index (χ0v) is 19.8. The normalized spacial score (nSPS) is 13.0. The lowest BCUT2D eigenvalue weighted by atomic mass is 10.0. The molecule has 2 rings (SSSR count). The Bertz CT molecular complexity index is 1180. The fraction of sp³-hybridized carbons (Fsp3) is 0.304. The fourth-order valence-electron chi connectivity index (χ4n) is 3.10. The maximum absolute atomic E-state index is 13.9. The molecule has 206 valence electrons. The van der Waals surface area contributed by atoms with E-state index in [9.17, 15) is 40.3 Å². The quantitative estimate of drug-likeness (QED) is 0.157. The molecule has 0 spiro atoms. The zero-order chi connectivity index (χ0) is 28.7. The molecule has 1 unspecified atom stereocenters. The molecule has 2 aromatic rings. The van der Waals surface area contributed by atoms with Crippen molar-refractivity contribution < 1.29 is 40.3 Å². The van der Waals surface area contributed by atoms with Gasteiger partial charge >= 0.3 is 12.4 Å². The Hall–Kier alpha value is -3.85. The number of halogens is 7. The Labute approximate surface area is 212 Å². The van der Waals surface area contributed by atoms with Gasteiger partial charge in [-0.1, -0.05) is 12.1 Å². The summed E-state index contributed by atoms with van der Waals surface area (Å²) < 4.78 is 90.1. The smallest absolute Gasteiger partial charge is 0.351 e. The number of hydrogen-bond acceptors (Lipinski definition) is 6. The van der Waals surface area contributed by atoms with Crippen LogP contribution in [0.2, 0.25) is 0 Å². The molecule has 0 aliphatic heterocycles. The van der Waals surface area contributed by atoms with Gasteiger partial charge < -0.3 is 10.6 Å². The number of carbonyl (C=O) groups excluding carboxylic acids is 2. The van der Waals surface area contributed by atoms with Crippen LogP contribution >= 0.6 is 0 Å². The van der Waals surface area contributed by atoms with Crippen molar-refractivity contribution in [1.82, 2.24) is 15.6 Å². The fourth-order valence-corrected chi connectivity index (χ4v) is 3.10. The second-order valence-electron chi connectivity index (χ2n) is 7.88. The van der Waals surface area contributed by atoms with Crippen LogP contribution in [0, 0.1) is 11.2 Å². The van der Waals surface area contributed by atoms with Crippen LogP contribution in [0.5, 0.6) is 0 Å². The summed E-state index contributed by atoms with van der Waals surface area (Å²) in [6.45, 7) is -0.719. The zero-order valence-electron chi connectivity index (χ0n) is 19.8. The summed E-state index contributed by atoms with van der Waals surface area (Å²) >= 11 is 0. The molecule has 0 saturated carbocycles. The summed E-state index contributed by atoms with van der Waals surface area (Å²) in [4.78, 5) is 28.2. The van der Waals surface area contributed by atoms with Gasteiger partial charge in [0, 0.05) is 26.4 Å². The maximum atomic E-state index is 13.9. The van der Waals surface area contributed by atoms with Crippen molar-refractivity contribution in [3.63, 3.8) is 0 Å². The van der Waals surface area contributed by atoms with Crippen LogP contribution in [-0.2, 0) is 17.1 Å². The molecule has 8 nitrogen and oxygen atoms in total. The van der Waals surface area contributed by atoms with Gasteiger partial charge in [0.1, 0.15) is 11.5 Å². The van der Waals surface area contributed by atoms with Crippen molar-refractivity contribution in [2.45, 2.75) is 18.4 Å². The van der Waals surface area contributed by atoms with Crippen LogP contribution in [0.4, 0.5) is 30.7 Å². The maximum Gasteiger partial charge on any atom is 0.416 e. The van der Waals surface area contributed by atoms with E-state index >= 15 is 0 Å². The first-order chi connectivity index (χ1) is 17.6.